The summed E-state index contributed by atoms with van der Waals surface area (Å²) in [6.07, 6.45) is 4.23. The number of nitrogens with zero attached hydrogens (tertiary/aromatic N) is 3. The summed E-state index contributed by atoms with van der Waals surface area (Å²) in [7, 11) is 1.93. The fourth-order valence-corrected chi connectivity index (χ4v) is 2.31. The Bertz CT molecular complexity index is 590. The molecule has 110 valence electrons. The van der Waals surface area contributed by atoms with E-state index in [1.807, 2.05) is 18.7 Å². The second-order valence-corrected chi connectivity index (χ2v) is 6.64. The van der Waals surface area contributed by atoms with Gasteiger partial charge in [0, 0.05) is 31.5 Å². The Balaban J connectivity index is 2.06. The Morgan fingerprint density at radius 2 is 2.05 bits per heavy atom. The average Bonchev–Trinajstić information content (AvgIpc) is 2.87. The molecule has 4 nitrogen and oxygen atoms in total. The highest BCUT2D eigenvalue weighted by Gasteiger charge is 2.12. The molecule has 2 aromatic heterocycles. The van der Waals surface area contributed by atoms with E-state index in [9.17, 15) is 0 Å². The molecule has 0 saturated heterocycles. The quantitative estimate of drug-likeness (QED) is 0.940. The van der Waals surface area contributed by atoms with Crippen molar-refractivity contribution < 1.29 is 0 Å². The first kappa shape index (κ1) is 15.1. The molecule has 0 spiro atoms. The van der Waals surface area contributed by atoms with Gasteiger partial charge in [-0.15, -0.1) is 0 Å². The van der Waals surface area contributed by atoms with E-state index in [2.05, 4.69) is 54.2 Å². The van der Waals surface area contributed by atoms with Gasteiger partial charge in [-0.1, -0.05) is 11.6 Å². The molecule has 2 rings (SSSR count). The number of hydrogen-bond acceptors (Lipinski definition) is 2. The molecular weight excluding hydrogens is 272 g/mol. The van der Waals surface area contributed by atoms with E-state index in [-0.39, 0.29) is 5.54 Å². The third kappa shape index (κ3) is 3.64. The van der Waals surface area contributed by atoms with Gasteiger partial charge in [0.2, 0.25) is 0 Å². The fraction of sp³-hybridized carbons (Fsp3) is 0.533. The molecule has 0 amide bonds. The van der Waals surface area contributed by atoms with Crippen LogP contribution in [0, 0.1) is 6.92 Å². The van der Waals surface area contributed by atoms with Crippen LogP contribution in [-0.2, 0) is 20.1 Å². The van der Waals surface area contributed by atoms with E-state index in [0.717, 1.165) is 29.5 Å². The van der Waals surface area contributed by atoms with Crippen molar-refractivity contribution in [2.75, 3.05) is 0 Å². The summed E-state index contributed by atoms with van der Waals surface area (Å²) in [6, 6.07) is 2.13. The lowest BCUT2D eigenvalue weighted by Crippen LogP contribution is -2.34. The Morgan fingerprint density at radius 3 is 2.60 bits per heavy atom. The first-order valence-corrected chi connectivity index (χ1v) is 7.22. The molecule has 0 atom stereocenters. The molecule has 0 aliphatic heterocycles. The predicted octanol–water partition coefficient (Wildman–Crippen LogP) is 3.12. The van der Waals surface area contributed by atoms with Crippen LogP contribution >= 0.6 is 11.6 Å². The van der Waals surface area contributed by atoms with Crippen molar-refractivity contribution in [3.8, 4) is 0 Å². The molecule has 0 unspecified atom stereocenters. The number of halogens is 1. The summed E-state index contributed by atoms with van der Waals surface area (Å²) < 4.78 is 3.99. The van der Waals surface area contributed by atoms with E-state index >= 15 is 0 Å². The zero-order chi connectivity index (χ0) is 14.9. The molecule has 0 aliphatic rings. The zero-order valence-electron chi connectivity index (χ0n) is 12.9. The minimum absolute atomic E-state index is 0.130. The lowest BCUT2D eigenvalue weighted by atomic mass is 10.1. The molecule has 0 bridgehead atoms. The minimum Gasteiger partial charge on any atom is -0.348 e. The summed E-state index contributed by atoms with van der Waals surface area (Å²) in [5.41, 5.74) is 3.32. The van der Waals surface area contributed by atoms with Gasteiger partial charge in [-0.25, -0.2) is 0 Å². The maximum Gasteiger partial charge on any atom is 0.0865 e. The third-order valence-corrected chi connectivity index (χ3v) is 3.72. The van der Waals surface area contributed by atoms with Crippen LogP contribution in [0.15, 0.2) is 18.5 Å². The fourth-order valence-electron chi connectivity index (χ4n) is 2.09. The van der Waals surface area contributed by atoms with Crippen molar-refractivity contribution >= 4 is 11.6 Å². The Hall–Kier alpha value is -1.26. The van der Waals surface area contributed by atoms with Gasteiger partial charge in [0.1, 0.15) is 0 Å². The highest BCUT2D eigenvalue weighted by atomic mass is 35.5. The number of aromatic nitrogens is 3. The molecule has 0 aliphatic carbocycles. The van der Waals surface area contributed by atoms with Crippen LogP contribution in [0.1, 0.15) is 37.7 Å². The van der Waals surface area contributed by atoms with Crippen LogP contribution in [0.2, 0.25) is 5.02 Å². The normalized spacial score (nSPS) is 12.1. The van der Waals surface area contributed by atoms with Gasteiger partial charge in [0.15, 0.2) is 0 Å². The van der Waals surface area contributed by atoms with Gasteiger partial charge in [-0.3, -0.25) is 4.68 Å². The van der Waals surface area contributed by atoms with Crippen LogP contribution in [-0.4, -0.2) is 19.9 Å². The minimum atomic E-state index is 0.130. The smallest absolute Gasteiger partial charge is 0.0865 e. The van der Waals surface area contributed by atoms with Crippen LogP contribution in [0.5, 0.6) is 0 Å². The van der Waals surface area contributed by atoms with Crippen LogP contribution < -0.4 is 5.32 Å². The topological polar surface area (TPSA) is 34.8 Å². The molecule has 2 aromatic rings. The van der Waals surface area contributed by atoms with E-state index in [1.54, 1.807) is 0 Å². The van der Waals surface area contributed by atoms with Crippen LogP contribution in [0.4, 0.5) is 0 Å². The van der Waals surface area contributed by atoms with Crippen molar-refractivity contribution in [1.82, 2.24) is 19.7 Å². The Kier molecular flexibility index (Phi) is 4.25. The number of aryl methyl sites for hydroxylation is 2. The first-order chi connectivity index (χ1) is 9.26. The number of nitrogens with one attached hydrogen (secondary N) is 1. The molecular formula is C15H23ClN4. The SMILES string of the molecule is Cc1nn(C)c(Cn2ccc(CNC(C)(C)C)c2)c1Cl. The van der Waals surface area contributed by atoms with Gasteiger partial charge in [0.25, 0.3) is 0 Å². The van der Waals surface area contributed by atoms with Crippen molar-refractivity contribution in [2.24, 2.45) is 7.05 Å². The number of rotatable bonds is 4. The summed E-state index contributed by atoms with van der Waals surface area (Å²) in [6.45, 7) is 10.0. The number of hydrogen-bond donors (Lipinski definition) is 1. The molecule has 0 aromatic carbocycles. The summed E-state index contributed by atoms with van der Waals surface area (Å²) >= 11 is 6.28. The molecule has 2 heterocycles. The van der Waals surface area contributed by atoms with Crippen molar-refractivity contribution in [2.45, 2.75) is 46.3 Å². The van der Waals surface area contributed by atoms with Crippen molar-refractivity contribution in [1.29, 1.82) is 0 Å². The monoisotopic (exact) mass is 294 g/mol. The third-order valence-electron chi connectivity index (χ3n) is 3.23. The first-order valence-electron chi connectivity index (χ1n) is 6.84. The largest absolute Gasteiger partial charge is 0.348 e. The van der Waals surface area contributed by atoms with Crippen LogP contribution in [0.3, 0.4) is 0 Å². The van der Waals surface area contributed by atoms with E-state index in [1.165, 1.54) is 5.56 Å². The molecule has 0 saturated carbocycles. The second kappa shape index (κ2) is 5.62. The molecule has 20 heavy (non-hydrogen) atoms. The second-order valence-electron chi connectivity index (χ2n) is 6.27. The summed E-state index contributed by atoms with van der Waals surface area (Å²) in [5, 5.41) is 8.59. The van der Waals surface area contributed by atoms with Gasteiger partial charge in [-0.2, -0.15) is 5.10 Å². The van der Waals surface area contributed by atoms with Crippen LogP contribution in [0.25, 0.3) is 0 Å². The maximum absolute atomic E-state index is 6.28. The van der Waals surface area contributed by atoms with Gasteiger partial charge in [-0.05, 0) is 39.3 Å². The lowest BCUT2D eigenvalue weighted by molar-refractivity contribution is 0.424. The molecule has 1 N–H and O–H groups in total. The van der Waals surface area contributed by atoms with Crippen molar-refractivity contribution in [3.05, 3.63) is 40.4 Å². The lowest BCUT2D eigenvalue weighted by Gasteiger charge is -2.19. The Morgan fingerprint density at radius 1 is 1.35 bits per heavy atom. The molecule has 0 radical (unpaired) electrons. The molecule has 5 heteroatoms. The summed E-state index contributed by atoms with van der Waals surface area (Å²) in [4.78, 5) is 0. The van der Waals surface area contributed by atoms with Gasteiger partial charge >= 0.3 is 0 Å². The predicted molar refractivity (Wildman–Crippen MR) is 83.1 cm³/mol. The average molecular weight is 295 g/mol. The Labute approximate surface area is 125 Å². The highest BCUT2D eigenvalue weighted by Crippen LogP contribution is 2.20. The zero-order valence-corrected chi connectivity index (χ0v) is 13.6. The summed E-state index contributed by atoms with van der Waals surface area (Å²) in [5.74, 6) is 0. The van der Waals surface area contributed by atoms with Crippen molar-refractivity contribution in [3.63, 3.8) is 0 Å². The maximum atomic E-state index is 6.28. The van der Waals surface area contributed by atoms with E-state index in [4.69, 9.17) is 11.6 Å². The van der Waals surface area contributed by atoms with Gasteiger partial charge in [0.05, 0.1) is 23.0 Å². The standard InChI is InChI=1S/C15H23ClN4/c1-11-14(16)13(19(5)18-11)10-20-7-6-12(9-20)8-17-15(2,3)4/h6-7,9,17H,8,10H2,1-5H3. The molecule has 0 fully saturated rings. The van der Waals surface area contributed by atoms with E-state index < -0.39 is 0 Å². The highest BCUT2D eigenvalue weighted by molar-refractivity contribution is 6.31. The van der Waals surface area contributed by atoms with Gasteiger partial charge < -0.3 is 9.88 Å². The van der Waals surface area contributed by atoms with E-state index in [0.29, 0.717) is 0 Å².